The van der Waals surface area contributed by atoms with Gasteiger partial charge < -0.3 is 38.3 Å². The highest BCUT2D eigenvalue weighted by molar-refractivity contribution is 7.80. The van der Waals surface area contributed by atoms with Crippen molar-refractivity contribution in [1.82, 2.24) is 16.0 Å². The van der Waals surface area contributed by atoms with E-state index in [1.807, 2.05) is 6.07 Å². The van der Waals surface area contributed by atoms with Crippen molar-refractivity contribution < 1.29 is 29.1 Å². The van der Waals surface area contributed by atoms with Gasteiger partial charge in [0.25, 0.3) is 0 Å². The Hall–Kier alpha value is -3.16. The first-order valence-electron chi connectivity index (χ1n) is 11.1. The molecule has 0 aliphatic rings. The van der Waals surface area contributed by atoms with E-state index >= 15 is 0 Å². The van der Waals surface area contributed by atoms with Crippen LogP contribution >= 0.6 is 12.6 Å². The van der Waals surface area contributed by atoms with Crippen LogP contribution in [0.1, 0.15) is 31.2 Å². The molecule has 10 N–H and O–H groups in total. The number of nitrogens with two attached hydrogens (primary N) is 3. The fourth-order valence-corrected chi connectivity index (χ4v) is 3.39. The summed E-state index contributed by atoms with van der Waals surface area (Å²) in [6, 6.07) is 4.20. The van der Waals surface area contributed by atoms with Crippen LogP contribution in [0.15, 0.2) is 30.3 Å². The number of aliphatic carboxylic acids is 1. The molecule has 1 aromatic rings. The molecule has 0 aliphatic heterocycles. The summed E-state index contributed by atoms with van der Waals surface area (Å²) in [4.78, 5) is 61.0. The molecule has 4 unspecified atom stereocenters. The van der Waals surface area contributed by atoms with E-state index in [1.165, 1.54) is 0 Å². The summed E-state index contributed by atoms with van der Waals surface area (Å²) < 4.78 is 0. The lowest BCUT2D eigenvalue weighted by Crippen LogP contribution is -2.58. The van der Waals surface area contributed by atoms with Gasteiger partial charge in [-0.1, -0.05) is 30.3 Å². The second-order valence-corrected chi connectivity index (χ2v) is 8.32. The van der Waals surface area contributed by atoms with Gasteiger partial charge in [-0.25, -0.2) is 4.79 Å². The van der Waals surface area contributed by atoms with Crippen molar-refractivity contribution in [3.8, 4) is 0 Å². The van der Waals surface area contributed by atoms with Crippen LogP contribution in [0.4, 0.5) is 0 Å². The number of carboxylic acids is 1. The van der Waals surface area contributed by atoms with Gasteiger partial charge in [-0.3, -0.25) is 19.2 Å². The van der Waals surface area contributed by atoms with Crippen LogP contribution in [0.25, 0.3) is 0 Å². The molecule has 4 amide bonds. The van der Waals surface area contributed by atoms with E-state index in [2.05, 4.69) is 28.6 Å². The molecule has 0 saturated carbocycles. The first-order valence-corrected chi connectivity index (χ1v) is 11.7. The quantitative estimate of drug-likeness (QED) is 0.0918. The summed E-state index contributed by atoms with van der Waals surface area (Å²) in [5.41, 5.74) is 17.5. The average molecular weight is 511 g/mol. The predicted octanol–water partition coefficient (Wildman–Crippen LogP) is -1.97. The van der Waals surface area contributed by atoms with Crippen molar-refractivity contribution >= 4 is 42.2 Å². The molecule has 0 fully saturated rings. The van der Waals surface area contributed by atoms with Crippen LogP contribution in [0.3, 0.4) is 0 Å². The number of nitrogens with one attached hydrogen (secondary N) is 3. The summed E-state index contributed by atoms with van der Waals surface area (Å²) in [7, 11) is 0. The summed E-state index contributed by atoms with van der Waals surface area (Å²) in [5.74, 6) is -4.57. The minimum Gasteiger partial charge on any atom is -0.480 e. The lowest BCUT2D eigenvalue weighted by Gasteiger charge is -2.24. The smallest absolute Gasteiger partial charge is 0.327 e. The van der Waals surface area contributed by atoms with Crippen molar-refractivity contribution in [3.05, 3.63) is 35.9 Å². The molecule has 0 aliphatic carbocycles. The van der Waals surface area contributed by atoms with Gasteiger partial charge in [-0.2, -0.15) is 12.6 Å². The van der Waals surface area contributed by atoms with Gasteiger partial charge in [0.05, 0.1) is 12.5 Å². The van der Waals surface area contributed by atoms with Gasteiger partial charge in [0.15, 0.2) is 0 Å². The topological polar surface area (TPSA) is 220 Å². The Labute approximate surface area is 209 Å². The van der Waals surface area contributed by atoms with Crippen molar-refractivity contribution in [2.45, 2.75) is 56.3 Å². The molecule has 1 aromatic carbocycles. The van der Waals surface area contributed by atoms with E-state index < -0.39 is 60.2 Å². The number of benzene rings is 1. The van der Waals surface area contributed by atoms with Crippen LogP contribution in [0.2, 0.25) is 0 Å². The third-order valence-corrected chi connectivity index (χ3v) is 5.42. The summed E-state index contributed by atoms with van der Waals surface area (Å²) in [6.45, 7) is 0.357. The number of hydrogen-bond acceptors (Lipinski definition) is 8. The molecular weight excluding hydrogens is 476 g/mol. The van der Waals surface area contributed by atoms with E-state index in [1.54, 1.807) is 24.3 Å². The zero-order valence-electron chi connectivity index (χ0n) is 19.3. The fourth-order valence-electron chi connectivity index (χ4n) is 3.14. The molecule has 4 atom stereocenters. The Kier molecular flexibility index (Phi) is 13.4. The molecule has 0 saturated heterocycles. The van der Waals surface area contributed by atoms with E-state index in [0.29, 0.717) is 19.4 Å². The number of primary amides is 1. The van der Waals surface area contributed by atoms with Gasteiger partial charge >= 0.3 is 5.97 Å². The molecule has 0 aromatic heterocycles. The van der Waals surface area contributed by atoms with E-state index in [-0.39, 0.29) is 18.6 Å². The highest BCUT2D eigenvalue weighted by Crippen LogP contribution is 2.06. The van der Waals surface area contributed by atoms with E-state index in [0.717, 1.165) is 5.56 Å². The van der Waals surface area contributed by atoms with Crippen LogP contribution in [0.5, 0.6) is 0 Å². The normalized spacial score (nSPS) is 14.1. The molecule has 35 heavy (non-hydrogen) atoms. The maximum atomic E-state index is 12.9. The maximum absolute atomic E-state index is 12.9. The largest absolute Gasteiger partial charge is 0.480 e. The zero-order valence-corrected chi connectivity index (χ0v) is 20.2. The first kappa shape index (κ1) is 29.9. The van der Waals surface area contributed by atoms with Crippen molar-refractivity contribution in [1.29, 1.82) is 0 Å². The molecule has 13 heteroatoms. The number of rotatable bonds is 16. The Balaban J connectivity index is 2.93. The maximum Gasteiger partial charge on any atom is 0.327 e. The molecule has 0 heterocycles. The predicted molar refractivity (Wildman–Crippen MR) is 132 cm³/mol. The van der Waals surface area contributed by atoms with Gasteiger partial charge in [0, 0.05) is 5.75 Å². The van der Waals surface area contributed by atoms with E-state index in [9.17, 15) is 24.0 Å². The lowest BCUT2D eigenvalue weighted by molar-refractivity contribution is -0.141. The Morgan fingerprint density at radius 1 is 0.886 bits per heavy atom. The number of carbonyl (C=O) groups is 5. The number of unbranched alkanes of at least 4 members (excludes halogenated alkanes) is 1. The molecular formula is C22H34N6O6S. The second-order valence-electron chi connectivity index (χ2n) is 7.96. The highest BCUT2D eigenvalue weighted by atomic mass is 32.1. The number of hydrogen-bond donors (Lipinski definition) is 8. The van der Waals surface area contributed by atoms with Gasteiger partial charge in [0.1, 0.15) is 18.1 Å². The monoisotopic (exact) mass is 510 g/mol. The fraction of sp³-hybridized carbons (Fsp3) is 0.500. The highest BCUT2D eigenvalue weighted by Gasteiger charge is 2.30. The van der Waals surface area contributed by atoms with E-state index in [4.69, 9.17) is 22.3 Å². The van der Waals surface area contributed by atoms with Gasteiger partial charge in [-0.05, 0) is 37.8 Å². The van der Waals surface area contributed by atoms with Crippen LogP contribution in [-0.2, 0) is 30.4 Å². The molecule has 0 radical (unpaired) electrons. The van der Waals surface area contributed by atoms with Crippen molar-refractivity contribution in [2.75, 3.05) is 12.3 Å². The lowest BCUT2D eigenvalue weighted by atomic mass is 10.0. The van der Waals surface area contributed by atoms with Crippen molar-refractivity contribution in [3.63, 3.8) is 0 Å². The number of thiol groups is 1. The molecule has 12 nitrogen and oxygen atoms in total. The molecule has 194 valence electrons. The third-order valence-electron chi connectivity index (χ3n) is 5.05. The molecule has 0 bridgehead atoms. The molecule has 0 spiro atoms. The summed E-state index contributed by atoms with van der Waals surface area (Å²) in [5, 5.41) is 16.4. The summed E-state index contributed by atoms with van der Waals surface area (Å²) in [6.07, 6.45) is 0.842. The Bertz CT molecular complexity index is 871. The second kappa shape index (κ2) is 15.7. The van der Waals surface area contributed by atoms with Crippen LogP contribution in [0, 0.1) is 0 Å². The minimum atomic E-state index is -1.38. The SMILES string of the molecule is NCCCCC(NC(=O)C(CC(N)=O)NC(=O)C(N)Cc1ccccc1)C(=O)NC(CS)C(=O)O. The Morgan fingerprint density at radius 2 is 1.46 bits per heavy atom. The van der Waals surface area contributed by atoms with Gasteiger partial charge in [-0.15, -0.1) is 0 Å². The first-order chi connectivity index (χ1) is 16.6. The van der Waals surface area contributed by atoms with Crippen LogP contribution in [-0.4, -0.2) is 71.2 Å². The van der Waals surface area contributed by atoms with Crippen molar-refractivity contribution in [2.24, 2.45) is 17.2 Å². The molecule has 1 rings (SSSR count). The average Bonchev–Trinajstić information content (AvgIpc) is 2.81. The van der Waals surface area contributed by atoms with Crippen LogP contribution < -0.4 is 33.2 Å². The Morgan fingerprint density at radius 3 is 2.00 bits per heavy atom. The number of carbonyl (C=O) groups excluding carboxylic acids is 4. The standard InChI is InChI=1S/C22H34N6O6S/c23-9-5-4-8-15(20(31)28-17(12-35)22(33)34)26-21(32)16(11-18(25)29)27-19(30)14(24)10-13-6-2-1-3-7-13/h1-3,6-7,14-17,35H,4-5,8-12,23-24H2,(H2,25,29)(H,26,32)(H,27,30)(H,28,31)(H,33,34). The number of amides is 4. The number of carboxylic acid groups (broad SMARTS) is 1. The third kappa shape index (κ3) is 11.2. The summed E-state index contributed by atoms with van der Waals surface area (Å²) >= 11 is 3.91. The van der Waals surface area contributed by atoms with Gasteiger partial charge in [0.2, 0.25) is 23.6 Å². The minimum absolute atomic E-state index is 0.151. The zero-order chi connectivity index (χ0) is 26.4.